The van der Waals surface area contributed by atoms with Crippen LogP contribution in [0.15, 0.2) is 24.3 Å². The van der Waals surface area contributed by atoms with E-state index in [2.05, 4.69) is 4.90 Å². The van der Waals surface area contributed by atoms with Crippen molar-refractivity contribution in [3.63, 3.8) is 0 Å². The molecule has 2 fully saturated rings. The van der Waals surface area contributed by atoms with Crippen molar-refractivity contribution in [2.45, 2.75) is 31.2 Å². The van der Waals surface area contributed by atoms with Crippen molar-refractivity contribution < 1.29 is 14.6 Å². The molecule has 3 rings (SSSR count). The highest BCUT2D eigenvalue weighted by Crippen LogP contribution is 2.36. The summed E-state index contributed by atoms with van der Waals surface area (Å²) < 4.78 is 10.7. The van der Waals surface area contributed by atoms with E-state index in [-0.39, 0.29) is 6.04 Å². The summed E-state index contributed by atoms with van der Waals surface area (Å²) in [5, 5.41) is 10.1. The first kappa shape index (κ1) is 12.0. The Hall–Kier alpha value is -1.10. The van der Waals surface area contributed by atoms with E-state index < -0.39 is 6.29 Å². The quantitative estimate of drug-likeness (QED) is 0.863. The number of rotatable bonds is 2. The van der Waals surface area contributed by atoms with Gasteiger partial charge in [-0.1, -0.05) is 12.1 Å². The predicted molar refractivity (Wildman–Crippen MR) is 67.4 cm³/mol. The molecule has 0 amide bonds. The topological polar surface area (TPSA) is 41.9 Å². The lowest BCUT2D eigenvalue weighted by molar-refractivity contribution is -0.193. The fourth-order valence-electron chi connectivity index (χ4n) is 3.02. The second-order valence-corrected chi connectivity index (χ2v) is 4.98. The minimum Gasteiger partial charge on any atom is -0.497 e. The Bertz CT molecular complexity index is 406. The molecule has 1 aromatic rings. The van der Waals surface area contributed by atoms with E-state index in [9.17, 15) is 5.11 Å². The molecule has 2 aliphatic rings. The molecule has 0 saturated carbocycles. The van der Waals surface area contributed by atoms with Gasteiger partial charge in [0.05, 0.1) is 19.8 Å². The molecular weight excluding hydrogens is 230 g/mol. The van der Waals surface area contributed by atoms with Crippen molar-refractivity contribution in [2.24, 2.45) is 0 Å². The molecule has 2 unspecified atom stereocenters. The maximum atomic E-state index is 10.1. The lowest BCUT2D eigenvalue weighted by Gasteiger charge is -2.40. The summed E-state index contributed by atoms with van der Waals surface area (Å²) in [4.78, 5) is 2.37. The molecule has 2 aliphatic heterocycles. The minimum atomic E-state index is -0.729. The lowest BCUT2D eigenvalue weighted by atomic mass is 10.0. The number of benzene rings is 1. The molecule has 0 aromatic heterocycles. The SMILES string of the molecule is COc1ccc(C2C(O)OC[C@@H]3CCCN23)cc1. The van der Waals surface area contributed by atoms with Crippen LogP contribution >= 0.6 is 0 Å². The van der Waals surface area contributed by atoms with E-state index >= 15 is 0 Å². The molecular formula is C14H19NO3. The van der Waals surface area contributed by atoms with Gasteiger partial charge < -0.3 is 14.6 Å². The van der Waals surface area contributed by atoms with Crippen LogP contribution in [0.2, 0.25) is 0 Å². The van der Waals surface area contributed by atoms with Gasteiger partial charge in [-0.3, -0.25) is 4.90 Å². The third-order valence-electron chi connectivity index (χ3n) is 3.97. The summed E-state index contributed by atoms with van der Waals surface area (Å²) in [7, 11) is 1.66. The van der Waals surface area contributed by atoms with Gasteiger partial charge in [0.25, 0.3) is 0 Å². The van der Waals surface area contributed by atoms with Crippen LogP contribution in [0.3, 0.4) is 0 Å². The Kier molecular flexibility index (Phi) is 3.24. The van der Waals surface area contributed by atoms with Gasteiger partial charge in [0.15, 0.2) is 6.29 Å². The van der Waals surface area contributed by atoms with Gasteiger partial charge in [0, 0.05) is 6.04 Å². The molecule has 2 heterocycles. The molecule has 0 radical (unpaired) electrons. The molecule has 0 aliphatic carbocycles. The average molecular weight is 249 g/mol. The number of aliphatic hydroxyl groups is 1. The highest BCUT2D eigenvalue weighted by atomic mass is 16.6. The van der Waals surface area contributed by atoms with Crippen LogP contribution in [0.5, 0.6) is 5.75 Å². The fourth-order valence-corrected chi connectivity index (χ4v) is 3.02. The Morgan fingerprint density at radius 2 is 2.11 bits per heavy atom. The molecule has 3 atom stereocenters. The summed E-state index contributed by atoms with van der Waals surface area (Å²) in [6.45, 7) is 1.69. The smallest absolute Gasteiger partial charge is 0.174 e. The van der Waals surface area contributed by atoms with E-state index in [1.807, 2.05) is 24.3 Å². The molecule has 4 heteroatoms. The van der Waals surface area contributed by atoms with Gasteiger partial charge in [-0.25, -0.2) is 0 Å². The molecule has 0 spiro atoms. The summed E-state index contributed by atoms with van der Waals surface area (Å²) in [5.74, 6) is 0.836. The second kappa shape index (κ2) is 4.88. The summed E-state index contributed by atoms with van der Waals surface area (Å²) in [5.41, 5.74) is 1.09. The highest BCUT2D eigenvalue weighted by molar-refractivity contribution is 5.30. The fraction of sp³-hybridized carbons (Fsp3) is 0.571. The number of methoxy groups -OCH3 is 1. The maximum absolute atomic E-state index is 10.1. The van der Waals surface area contributed by atoms with Crippen LogP contribution in [0.25, 0.3) is 0 Å². The van der Waals surface area contributed by atoms with Gasteiger partial charge in [-0.05, 0) is 37.1 Å². The third-order valence-corrected chi connectivity index (χ3v) is 3.97. The Morgan fingerprint density at radius 1 is 1.33 bits per heavy atom. The lowest BCUT2D eigenvalue weighted by Crippen LogP contribution is -2.48. The number of morpholine rings is 1. The van der Waals surface area contributed by atoms with E-state index in [0.717, 1.165) is 17.9 Å². The van der Waals surface area contributed by atoms with Gasteiger partial charge in [0.2, 0.25) is 0 Å². The molecule has 18 heavy (non-hydrogen) atoms. The first-order valence-corrected chi connectivity index (χ1v) is 6.49. The van der Waals surface area contributed by atoms with Crippen molar-refractivity contribution in [3.05, 3.63) is 29.8 Å². The van der Waals surface area contributed by atoms with Crippen molar-refractivity contribution in [1.82, 2.24) is 4.90 Å². The van der Waals surface area contributed by atoms with Gasteiger partial charge in [-0.2, -0.15) is 0 Å². The molecule has 2 saturated heterocycles. The first-order chi connectivity index (χ1) is 8.79. The largest absolute Gasteiger partial charge is 0.497 e. The van der Waals surface area contributed by atoms with Gasteiger partial charge in [-0.15, -0.1) is 0 Å². The normalized spacial score (nSPS) is 32.2. The Balaban J connectivity index is 1.87. The zero-order valence-electron chi connectivity index (χ0n) is 10.6. The maximum Gasteiger partial charge on any atom is 0.174 e. The van der Waals surface area contributed by atoms with Crippen molar-refractivity contribution in [3.8, 4) is 5.75 Å². The average Bonchev–Trinajstić information content (AvgIpc) is 2.87. The van der Waals surface area contributed by atoms with E-state index in [4.69, 9.17) is 9.47 Å². The van der Waals surface area contributed by atoms with Crippen LogP contribution in [0.1, 0.15) is 24.4 Å². The van der Waals surface area contributed by atoms with Crippen LogP contribution in [-0.2, 0) is 4.74 Å². The molecule has 1 aromatic carbocycles. The number of fused-ring (bicyclic) bond motifs is 1. The van der Waals surface area contributed by atoms with Crippen LogP contribution in [0, 0.1) is 0 Å². The highest BCUT2D eigenvalue weighted by Gasteiger charge is 2.40. The Morgan fingerprint density at radius 3 is 2.83 bits per heavy atom. The summed E-state index contributed by atoms with van der Waals surface area (Å²) >= 11 is 0. The number of hydrogen-bond acceptors (Lipinski definition) is 4. The standard InChI is InChI=1S/C14H19NO3/c1-17-12-6-4-10(5-7-12)13-14(16)18-9-11-3-2-8-15(11)13/h4-7,11,13-14,16H,2-3,8-9H2,1H3/t11-,13?,14?/m0/s1. The number of ether oxygens (including phenoxy) is 2. The zero-order chi connectivity index (χ0) is 12.5. The molecule has 4 nitrogen and oxygen atoms in total. The molecule has 1 N–H and O–H groups in total. The first-order valence-electron chi connectivity index (χ1n) is 6.49. The number of nitrogens with zero attached hydrogens (tertiary/aromatic N) is 1. The van der Waals surface area contributed by atoms with Crippen molar-refractivity contribution >= 4 is 0 Å². The zero-order valence-corrected chi connectivity index (χ0v) is 10.6. The van der Waals surface area contributed by atoms with Gasteiger partial charge in [0.1, 0.15) is 5.75 Å². The summed E-state index contributed by atoms with van der Waals surface area (Å²) in [6, 6.07) is 8.30. The monoisotopic (exact) mass is 249 g/mol. The van der Waals surface area contributed by atoms with Crippen LogP contribution < -0.4 is 4.74 Å². The van der Waals surface area contributed by atoms with Crippen LogP contribution in [-0.4, -0.2) is 42.6 Å². The molecule has 98 valence electrons. The van der Waals surface area contributed by atoms with Crippen LogP contribution in [0.4, 0.5) is 0 Å². The minimum absolute atomic E-state index is 0.0443. The molecule has 0 bridgehead atoms. The van der Waals surface area contributed by atoms with E-state index in [1.54, 1.807) is 7.11 Å². The third kappa shape index (κ3) is 2.00. The van der Waals surface area contributed by atoms with Crippen molar-refractivity contribution in [2.75, 3.05) is 20.3 Å². The Labute approximate surface area is 107 Å². The summed E-state index contributed by atoms with van der Waals surface area (Å²) in [6.07, 6.45) is 1.63. The van der Waals surface area contributed by atoms with Gasteiger partial charge >= 0.3 is 0 Å². The van der Waals surface area contributed by atoms with Crippen molar-refractivity contribution in [1.29, 1.82) is 0 Å². The number of hydrogen-bond donors (Lipinski definition) is 1. The predicted octanol–water partition coefficient (Wildman–Crippen LogP) is 1.55. The van der Waals surface area contributed by atoms with E-state index in [0.29, 0.717) is 12.6 Å². The second-order valence-electron chi connectivity index (χ2n) is 4.98. The van der Waals surface area contributed by atoms with E-state index in [1.165, 1.54) is 12.8 Å². The number of aliphatic hydroxyl groups excluding tert-OH is 1.